The lowest BCUT2D eigenvalue weighted by Gasteiger charge is -2.11. The molecular formula is C22H24N4O2. The van der Waals surface area contributed by atoms with Crippen molar-refractivity contribution >= 4 is 11.6 Å². The van der Waals surface area contributed by atoms with Crippen LogP contribution in [0.1, 0.15) is 16.7 Å². The molecular weight excluding hydrogens is 352 g/mol. The number of anilines is 1. The zero-order valence-corrected chi connectivity index (χ0v) is 15.8. The van der Waals surface area contributed by atoms with Crippen LogP contribution in [0.4, 0.5) is 5.69 Å². The van der Waals surface area contributed by atoms with Crippen molar-refractivity contribution in [3.8, 4) is 0 Å². The second-order valence-corrected chi connectivity index (χ2v) is 6.40. The Morgan fingerprint density at radius 1 is 1.04 bits per heavy atom. The molecule has 0 bridgehead atoms. The van der Waals surface area contributed by atoms with E-state index in [1.807, 2.05) is 54.6 Å². The minimum atomic E-state index is -0.0104. The Kier molecular flexibility index (Phi) is 6.59. The summed E-state index contributed by atoms with van der Waals surface area (Å²) in [5, 5.41) is 3.13. The molecule has 3 N–H and O–H groups in total. The van der Waals surface area contributed by atoms with Crippen molar-refractivity contribution < 1.29 is 4.74 Å². The highest BCUT2D eigenvalue weighted by Crippen LogP contribution is 2.15. The van der Waals surface area contributed by atoms with Gasteiger partial charge in [0.25, 0.3) is 5.56 Å². The van der Waals surface area contributed by atoms with Crippen molar-refractivity contribution in [3.63, 3.8) is 0 Å². The van der Waals surface area contributed by atoms with Crippen molar-refractivity contribution in [3.05, 3.63) is 100.0 Å². The molecule has 6 heteroatoms. The Morgan fingerprint density at radius 2 is 1.75 bits per heavy atom. The van der Waals surface area contributed by atoms with Gasteiger partial charge in [-0.1, -0.05) is 48.5 Å². The van der Waals surface area contributed by atoms with Gasteiger partial charge in [-0.2, -0.15) is 0 Å². The molecule has 0 aliphatic rings. The van der Waals surface area contributed by atoms with E-state index in [1.54, 1.807) is 30.0 Å². The molecule has 3 rings (SSSR count). The maximum atomic E-state index is 11.8. The van der Waals surface area contributed by atoms with Gasteiger partial charge in [0.2, 0.25) is 0 Å². The van der Waals surface area contributed by atoms with Crippen LogP contribution in [-0.4, -0.2) is 17.6 Å². The Bertz CT molecular complexity index is 994. The Labute approximate surface area is 164 Å². The molecule has 0 saturated heterocycles. The molecule has 1 aromatic heterocycles. The van der Waals surface area contributed by atoms with Crippen molar-refractivity contribution in [2.75, 3.05) is 12.4 Å². The van der Waals surface area contributed by atoms with Crippen LogP contribution in [0.25, 0.3) is 0 Å². The molecule has 0 amide bonds. The predicted molar refractivity (Wildman–Crippen MR) is 112 cm³/mol. The maximum absolute atomic E-state index is 11.8. The second kappa shape index (κ2) is 9.53. The van der Waals surface area contributed by atoms with Gasteiger partial charge in [0.1, 0.15) is 0 Å². The maximum Gasteiger partial charge on any atom is 0.250 e. The number of aliphatic imine (C=N–C) groups is 1. The number of hydrogen-bond donors (Lipinski definition) is 2. The van der Waals surface area contributed by atoms with Gasteiger partial charge in [0, 0.05) is 30.6 Å². The molecule has 0 aliphatic carbocycles. The van der Waals surface area contributed by atoms with Crippen LogP contribution < -0.4 is 16.6 Å². The molecule has 0 spiro atoms. The van der Waals surface area contributed by atoms with Crippen molar-refractivity contribution in [2.45, 2.75) is 19.7 Å². The van der Waals surface area contributed by atoms with Gasteiger partial charge in [-0.15, -0.1) is 0 Å². The first kappa shape index (κ1) is 19.4. The number of hydrogen-bond acceptors (Lipinski definition) is 3. The third-order valence-corrected chi connectivity index (χ3v) is 4.29. The number of pyridine rings is 1. The zero-order valence-electron chi connectivity index (χ0n) is 15.8. The molecule has 0 radical (unpaired) electrons. The van der Waals surface area contributed by atoms with Crippen molar-refractivity contribution in [1.82, 2.24) is 4.57 Å². The molecule has 0 unspecified atom stereocenters. The third kappa shape index (κ3) is 5.31. The number of rotatable bonds is 7. The minimum absolute atomic E-state index is 0.0104. The van der Waals surface area contributed by atoms with Crippen LogP contribution in [-0.2, 0) is 24.4 Å². The Morgan fingerprint density at radius 3 is 2.50 bits per heavy atom. The fourth-order valence-corrected chi connectivity index (χ4v) is 2.82. The van der Waals surface area contributed by atoms with E-state index in [0.29, 0.717) is 25.7 Å². The number of benzene rings is 2. The monoisotopic (exact) mass is 376 g/mol. The van der Waals surface area contributed by atoms with E-state index in [9.17, 15) is 4.79 Å². The number of nitrogens with zero attached hydrogens (tertiary/aromatic N) is 2. The Balaban J connectivity index is 1.61. The molecule has 3 aromatic rings. The van der Waals surface area contributed by atoms with Gasteiger partial charge in [0.05, 0.1) is 19.7 Å². The minimum Gasteiger partial charge on any atom is -0.380 e. The summed E-state index contributed by atoms with van der Waals surface area (Å²) in [7, 11) is 1.66. The number of aromatic nitrogens is 1. The standard InChI is InChI=1S/C22H24N4O2/c1-28-16-19-6-2-3-7-20(19)25-22(23)24-14-17-9-11-18(12-10-17)15-26-13-5-4-8-21(26)27/h2-13H,14-16H2,1H3,(H3,23,24,25). The van der Waals surface area contributed by atoms with E-state index in [0.717, 1.165) is 22.4 Å². The lowest BCUT2D eigenvalue weighted by Crippen LogP contribution is -2.23. The lowest BCUT2D eigenvalue weighted by molar-refractivity contribution is 0.185. The van der Waals surface area contributed by atoms with Gasteiger partial charge < -0.3 is 20.4 Å². The van der Waals surface area contributed by atoms with Crippen molar-refractivity contribution in [1.29, 1.82) is 0 Å². The summed E-state index contributed by atoms with van der Waals surface area (Å²) in [5.74, 6) is 0.350. The van der Waals surface area contributed by atoms with Crippen LogP contribution in [0.15, 0.2) is 82.7 Å². The van der Waals surface area contributed by atoms with E-state index in [1.165, 1.54) is 0 Å². The highest BCUT2D eigenvalue weighted by atomic mass is 16.5. The summed E-state index contributed by atoms with van der Waals surface area (Å²) >= 11 is 0. The van der Waals surface area contributed by atoms with Crippen LogP contribution in [0, 0.1) is 0 Å². The van der Waals surface area contributed by atoms with Crippen LogP contribution in [0.3, 0.4) is 0 Å². The molecule has 0 aliphatic heterocycles. The molecule has 0 saturated carbocycles. The fraction of sp³-hybridized carbons (Fsp3) is 0.182. The molecule has 1 heterocycles. The van der Waals surface area contributed by atoms with Gasteiger partial charge in [0.15, 0.2) is 5.96 Å². The van der Waals surface area contributed by atoms with E-state index in [2.05, 4.69) is 10.3 Å². The van der Waals surface area contributed by atoms with E-state index < -0.39 is 0 Å². The summed E-state index contributed by atoms with van der Waals surface area (Å²) in [6, 6.07) is 21.0. The highest BCUT2D eigenvalue weighted by molar-refractivity contribution is 5.92. The van der Waals surface area contributed by atoms with E-state index in [4.69, 9.17) is 10.5 Å². The van der Waals surface area contributed by atoms with Crippen molar-refractivity contribution in [2.24, 2.45) is 10.7 Å². The lowest BCUT2D eigenvalue weighted by atomic mass is 10.1. The normalized spacial score (nSPS) is 11.4. The van der Waals surface area contributed by atoms with E-state index in [-0.39, 0.29) is 5.56 Å². The molecule has 2 aromatic carbocycles. The third-order valence-electron chi connectivity index (χ3n) is 4.29. The number of methoxy groups -OCH3 is 1. The molecule has 144 valence electrons. The average molecular weight is 376 g/mol. The summed E-state index contributed by atoms with van der Waals surface area (Å²) in [4.78, 5) is 16.2. The first-order valence-corrected chi connectivity index (χ1v) is 9.03. The van der Waals surface area contributed by atoms with Gasteiger partial charge in [-0.05, 0) is 23.3 Å². The number of guanidine groups is 1. The number of nitrogens with two attached hydrogens (primary N) is 1. The van der Waals surface area contributed by atoms with Gasteiger partial charge in [-0.25, -0.2) is 4.99 Å². The fourth-order valence-electron chi connectivity index (χ4n) is 2.82. The Hall–Kier alpha value is -3.38. The molecule has 6 nitrogen and oxygen atoms in total. The molecule has 0 fully saturated rings. The quantitative estimate of drug-likeness (QED) is 0.491. The van der Waals surface area contributed by atoms with Crippen LogP contribution >= 0.6 is 0 Å². The smallest absolute Gasteiger partial charge is 0.250 e. The largest absolute Gasteiger partial charge is 0.380 e. The molecule has 28 heavy (non-hydrogen) atoms. The molecule has 0 atom stereocenters. The predicted octanol–water partition coefficient (Wildman–Crippen LogP) is 2.97. The topological polar surface area (TPSA) is 81.6 Å². The second-order valence-electron chi connectivity index (χ2n) is 6.40. The number of ether oxygens (including phenoxy) is 1. The zero-order chi connectivity index (χ0) is 19.8. The highest BCUT2D eigenvalue weighted by Gasteiger charge is 2.03. The first-order chi connectivity index (χ1) is 13.7. The van der Waals surface area contributed by atoms with Gasteiger partial charge >= 0.3 is 0 Å². The van der Waals surface area contributed by atoms with E-state index >= 15 is 0 Å². The van der Waals surface area contributed by atoms with Crippen LogP contribution in [0.5, 0.6) is 0 Å². The number of nitrogens with one attached hydrogen (secondary N) is 1. The summed E-state index contributed by atoms with van der Waals surface area (Å²) in [6.07, 6.45) is 1.79. The summed E-state index contributed by atoms with van der Waals surface area (Å²) < 4.78 is 6.87. The SMILES string of the molecule is COCc1ccccc1NC(N)=NCc1ccc(Cn2ccccc2=O)cc1. The van der Waals surface area contributed by atoms with Gasteiger partial charge in [-0.3, -0.25) is 4.79 Å². The first-order valence-electron chi connectivity index (χ1n) is 9.03. The summed E-state index contributed by atoms with van der Waals surface area (Å²) in [6.45, 7) is 1.52. The number of para-hydroxylation sites is 1. The average Bonchev–Trinajstić information content (AvgIpc) is 2.71. The van der Waals surface area contributed by atoms with Crippen LogP contribution in [0.2, 0.25) is 0 Å². The summed E-state index contributed by atoms with van der Waals surface area (Å²) in [5.41, 5.74) is 10.0.